The highest BCUT2D eigenvalue weighted by atomic mass is 15.1. The van der Waals surface area contributed by atoms with Gasteiger partial charge in [0.25, 0.3) is 0 Å². The van der Waals surface area contributed by atoms with Crippen LogP contribution < -0.4 is 11.1 Å². The number of fused-ring (bicyclic) bond motifs is 3. The highest BCUT2D eigenvalue weighted by molar-refractivity contribution is 5.83. The minimum Gasteiger partial charge on any atom is -0.366 e. The van der Waals surface area contributed by atoms with Gasteiger partial charge in [0, 0.05) is 19.3 Å². The van der Waals surface area contributed by atoms with E-state index in [4.69, 9.17) is 15.7 Å². The van der Waals surface area contributed by atoms with E-state index in [9.17, 15) is 0 Å². The fourth-order valence-electron chi connectivity index (χ4n) is 3.06. The van der Waals surface area contributed by atoms with Crippen LogP contribution in [0, 0.1) is 0 Å². The van der Waals surface area contributed by atoms with Crippen LogP contribution in [-0.2, 0) is 12.8 Å². The quantitative estimate of drug-likeness (QED) is 0.570. The Morgan fingerprint density at radius 1 is 0.920 bits per heavy atom. The Balaban J connectivity index is 1.73. The summed E-state index contributed by atoms with van der Waals surface area (Å²) in [5, 5.41) is 3.30. The van der Waals surface area contributed by atoms with Crippen molar-refractivity contribution in [3.63, 3.8) is 0 Å². The first-order chi connectivity index (χ1) is 12.3. The number of anilines is 1. The zero-order chi connectivity index (χ0) is 17.1. The number of aryl methyl sites for hydroxylation is 2. The van der Waals surface area contributed by atoms with E-state index >= 15 is 0 Å². The number of para-hydroxylation sites is 2. The summed E-state index contributed by atoms with van der Waals surface area (Å²) in [4.78, 5) is 9.55. The molecule has 0 unspecified atom stereocenters. The smallest absolute Gasteiger partial charge is 0.180 e. The van der Waals surface area contributed by atoms with E-state index in [0.29, 0.717) is 13.1 Å². The number of hydrogen-bond donors (Lipinski definition) is 2. The Morgan fingerprint density at radius 2 is 1.72 bits per heavy atom. The monoisotopic (exact) mass is 331 g/mol. The summed E-state index contributed by atoms with van der Waals surface area (Å²) in [6, 6.07) is 18.6. The second-order valence-electron chi connectivity index (χ2n) is 6.08. The lowest BCUT2D eigenvalue weighted by Gasteiger charge is -2.08. The van der Waals surface area contributed by atoms with Crippen LogP contribution in [0.25, 0.3) is 16.7 Å². The fraction of sp³-hybridized carbons (Fsp3) is 0.200. The van der Waals surface area contributed by atoms with Gasteiger partial charge in [0.15, 0.2) is 11.5 Å². The molecule has 4 aromatic rings. The van der Waals surface area contributed by atoms with E-state index in [1.165, 1.54) is 5.56 Å². The average Bonchev–Trinajstić information content (AvgIpc) is 3.10. The summed E-state index contributed by atoms with van der Waals surface area (Å²) in [5.74, 6) is 0.787. The zero-order valence-corrected chi connectivity index (χ0v) is 14.0. The number of nitrogens with one attached hydrogen (secondary N) is 1. The molecule has 2 aromatic carbocycles. The molecule has 2 heterocycles. The molecule has 0 fully saturated rings. The Bertz CT molecular complexity index is 991. The van der Waals surface area contributed by atoms with Crippen molar-refractivity contribution in [1.29, 1.82) is 0 Å². The highest BCUT2D eigenvalue weighted by Gasteiger charge is 2.11. The lowest BCUT2D eigenvalue weighted by atomic mass is 10.1. The van der Waals surface area contributed by atoms with Crippen LogP contribution in [0.3, 0.4) is 0 Å². The Hall–Kier alpha value is -2.92. The third-order valence-corrected chi connectivity index (χ3v) is 4.29. The van der Waals surface area contributed by atoms with Crippen molar-refractivity contribution in [3.05, 3.63) is 72.1 Å². The molecule has 0 aliphatic heterocycles. The van der Waals surface area contributed by atoms with E-state index in [1.54, 1.807) is 0 Å². The number of hydrogen-bond acceptors (Lipinski definition) is 4. The molecular weight excluding hydrogens is 310 g/mol. The summed E-state index contributed by atoms with van der Waals surface area (Å²) in [6.45, 7) is 1.23. The normalized spacial score (nSPS) is 11.2. The largest absolute Gasteiger partial charge is 0.366 e. The third-order valence-electron chi connectivity index (χ3n) is 4.29. The maximum atomic E-state index is 5.63. The number of nitrogens with zero attached hydrogens (tertiary/aromatic N) is 3. The first kappa shape index (κ1) is 15.6. The maximum Gasteiger partial charge on any atom is 0.180 e. The zero-order valence-electron chi connectivity index (χ0n) is 14.0. The number of imidazole rings is 1. The molecule has 5 nitrogen and oxygen atoms in total. The highest BCUT2D eigenvalue weighted by Crippen LogP contribution is 2.22. The Morgan fingerprint density at radius 3 is 2.56 bits per heavy atom. The van der Waals surface area contributed by atoms with Crippen LogP contribution in [-0.4, -0.2) is 27.5 Å². The minimum atomic E-state index is 0.558. The van der Waals surface area contributed by atoms with E-state index in [0.717, 1.165) is 41.0 Å². The van der Waals surface area contributed by atoms with Gasteiger partial charge in [0.2, 0.25) is 0 Å². The molecular formula is C20H21N5. The Kier molecular flexibility index (Phi) is 4.31. The van der Waals surface area contributed by atoms with Gasteiger partial charge in [0.1, 0.15) is 0 Å². The first-order valence-electron chi connectivity index (χ1n) is 8.60. The van der Waals surface area contributed by atoms with Crippen molar-refractivity contribution >= 4 is 22.5 Å². The third kappa shape index (κ3) is 3.19. The molecule has 0 spiro atoms. The number of rotatable bonds is 6. The summed E-state index contributed by atoms with van der Waals surface area (Å²) in [6.07, 6.45) is 3.99. The van der Waals surface area contributed by atoms with Crippen LogP contribution in [0.15, 0.2) is 60.8 Å². The van der Waals surface area contributed by atoms with Gasteiger partial charge in [-0.15, -0.1) is 0 Å². The van der Waals surface area contributed by atoms with E-state index in [1.807, 2.05) is 24.3 Å². The van der Waals surface area contributed by atoms with E-state index in [-0.39, 0.29) is 0 Å². The molecule has 0 aliphatic carbocycles. The predicted molar refractivity (Wildman–Crippen MR) is 102 cm³/mol. The van der Waals surface area contributed by atoms with Crippen molar-refractivity contribution in [2.45, 2.75) is 12.8 Å². The van der Waals surface area contributed by atoms with Gasteiger partial charge in [-0.1, -0.05) is 42.5 Å². The molecule has 5 heteroatoms. The molecule has 126 valence electrons. The number of nitrogens with two attached hydrogens (primary N) is 1. The topological polar surface area (TPSA) is 68.2 Å². The summed E-state index contributed by atoms with van der Waals surface area (Å²) in [7, 11) is 0. The molecule has 4 rings (SSSR count). The molecule has 25 heavy (non-hydrogen) atoms. The van der Waals surface area contributed by atoms with E-state index < -0.39 is 0 Å². The average molecular weight is 331 g/mol. The van der Waals surface area contributed by atoms with Crippen molar-refractivity contribution in [2.75, 3.05) is 18.4 Å². The number of aromatic nitrogens is 3. The van der Waals surface area contributed by atoms with Gasteiger partial charge >= 0.3 is 0 Å². The van der Waals surface area contributed by atoms with Crippen LogP contribution in [0.5, 0.6) is 0 Å². The Labute approximate surface area is 146 Å². The van der Waals surface area contributed by atoms with Crippen molar-refractivity contribution in [2.24, 2.45) is 5.73 Å². The van der Waals surface area contributed by atoms with Gasteiger partial charge in [-0.2, -0.15) is 0 Å². The molecule has 0 saturated carbocycles. The predicted octanol–water partition coefficient (Wildman–Crippen LogP) is 3.04. The summed E-state index contributed by atoms with van der Waals surface area (Å²) in [5.41, 5.74) is 10.9. The van der Waals surface area contributed by atoms with Crippen LogP contribution in [0.1, 0.15) is 11.3 Å². The van der Waals surface area contributed by atoms with Crippen LogP contribution in [0.2, 0.25) is 0 Å². The lowest BCUT2D eigenvalue weighted by molar-refractivity contribution is 0.928. The van der Waals surface area contributed by atoms with Gasteiger partial charge in [-0.3, -0.25) is 4.40 Å². The molecule has 2 aromatic heterocycles. The van der Waals surface area contributed by atoms with Crippen molar-refractivity contribution < 1.29 is 0 Å². The van der Waals surface area contributed by atoms with Crippen LogP contribution in [0.4, 0.5) is 5.82 Å². The molecule has 0 atom stereocenters. The number of benzene rings is 2. The molecule has 0 aliphatic rings. The van der Waals surface area contributed by atoms with Gasteiger partial charge < -0.3 is 11.1 Å². The lowest BCUT2D eigenvalue weighted by Crippen LogP contribution is -2.14. The molecule has 0 saturated heterocycles. The van der Waals surface area contributed by atoms with Crippen molar-refractivity contribution in [3.8, 4) is 0 Å². The van der Waals surface area contributed by atoms with E-state index in [2.05, 4.69) is 46.2 Å². The second-order valence-corrected chi connectivity index (χ2v) is 6.08. The second kappa shape index (κ2) is 6.91. The van der Waals surface area contributed by atoms with Gasteiger partial charge in [0.05, 0.1) is 16.7 Å². The SMILES string of the molecule is NCCNc1nc2ccccc2n2cc(CCc3ccccc3)nc12. The van der Waals surface area contributed by atoms with Gasteiger partial charge in [-0.05, 0) is 30.5 Å². The fourth-order valence-corrected chi connectivity index (χ4v) is 3.06. The molecule has 0 radical (unpaired) electrons. The van der Waals surface area contributed by atoms with Crippen molar-refractivity contribution in [1.82, 2.24) is 14.4 Å². The summed E-state index contributed by atoms with van der Waals surface area (Å²) < 4.78 is 2.13. The standard InChI is InChI=1S/C20H21N5/c21-12-13-22-19-20-23-16(11-10-15-6-2-1-3-7-15)14-25(20)18-9-5-4-8-17(18)24-19/h1-9,14H,10-13,21H2,(H,22,24). The first-order valence-corrected chi connectivity index (χ1v) is 8.60. The van der Waals surface area contributed by atoms with Crippen LogP contribution >= 0.6 is 0 Å². The van der Waals surface area contributed by atoms with Gasteiger partial charge in [-0.25, -0.2) is 9.97 Å². The molecule has 0 amide bonds. The maximum absolute atomic E-state index is 5.63. The summed E-state index contributed by atoms with van der Waals surface area (Å²) >= 11 is 0. The minimum absolute atomic E-state index is 0.558. The molecule has 3 N–H and O–H groups in total. The molecule has 0 bridgehead atoms.